The lowest BCUT2D eigenvalue weighted by molar-refractivity contribution is 0.282. The summed E-state index contributed by atoms with van der Waals surface area (Å²) in [6, 6.07) is 10.1. The molecule has 0 aliphatic rings. The fourth-order valence-electron chi connectivity index (χ4n) is 1.56. The molecule has 0 aliphatic carbocycles. The van der Waals surface area contributed by atoms with Crippen LogP contribution in [0.25, 0.3) is 11.3 Å². The Bertz CT molecular complexity index is 511. The number of aromatic nitrogens is 1. The molecule has 1 N–H and O–H groups in total. The van der Waals surface area contributed by atoms with E-state index in [0.717, 1.165) is 11.3 Å². The van der Waals surface area contributed by atoms with Crippen molar-refractivity contribution in [3.05, 3.63) is 53.5 Å². The average molecular weight is 217 g/mol. The number of aryl methyl sites for hydroxylation is 1. The first-order chi connectivity index (χ1) is 7.70. The maximum atomic E-state index is 13.6. The number of aliphatic hydroxyl groups is 1. The van der Waals surface area contributed by atoms with Gasteiger partial charge < -0.3 is 5.11 Å². The van der Waals surface area contributed by atoms with Crippen molar-refractivity contribution >= 4 is 0 Å². The van der Waals surface area contributed by atoms with Gasteiger partial charge in [-0.3, -0.25) is 4.98 Å². The predicted molar refractivity (Wildman–Crippen MR) is 60.3 cm³/mol. The molecule has 3 heteroatoms. The molecule has 0 bridgehead atoms. The zero-order chi connectivity index (χ0) is 11.5. The third-order valence-electron chi connectivity index (χ3n) is 2.37. The van der Waals surface area contributed by atoms with E-state index in [0.29, 0.717) is 11.3 Å². The zero-order valence-electron chi connectivity index (χ0n) is 8.94. The molecule has 0 saturated carbocycles. The van der Waals surface area contributed by atoms with Crippen molar-refractivity contribution in [2.45, 2.75) is 13.5 Å². The van der Waals surface area contributed by atoms with Gasteiger partial charge in [-0.15, -0.1) is 0 Å². The van der Waals surface area contributed by atoms with Gasteiger partial charge in [0.25, 0.3) is 0 Å². The fraction of sp³-hybridized carbons (Fsp3) is 0.154. The molecule has 0 unspecified atom stereocenters. The molecule has 2 rings (SSSR count). The van der Waals surface area contributed by atoms with E-state index in [2.05, 4.69) is 4.98 Å². The van der Waals surface area contributed by atoms with Gasteiger partial charge in [0.15, 0.2) is 0 Å². The summed E-state index contributed by atoms with van der Waals surface area (Å²) in [5.41, 5.74) is 2.54. The molecule has 2 nitrogen and oxygen atoms in total. The average Bonchev–Trinajstić information content (AvgIpc) is 2.32. The molecule has 16 heavy (non-hydrogen) atoms. The van der Waals surface area contributed by atoms with Crippen LogP contribution in [0.1, 0.15) is 11.3 Å². The molecule has 0 radical (unpaired) electrons. The molecule has 2 aromatic rings. The highest BCUT2D eigenvalue weighted by atomic mass is 19.1. The first-order valence-electron chi connectivity index (χ1n) is 5.04. The molecule has 1 heterocycles. The summed E-state index contributed by atoms with van der Waals surface area (Å²) in [6.07, 6.45) is 0. The third kappa shape index (κ3) is 2.09. The molecule has 0 spiro atoms. The van der Waals surface area contributed by atoms with Crippen molar-refractivity contribution in [2.24, 2.45) is 0 Å². The summed E-state index contributed by atoms with van der Waals surface area (Å²) in [6.45, 7) is 1.76. The Hall–Kier alpha value is -1.74. The van der Waals surface area contributed by atoms with Crippen molar-refractivity contribution in [1.82, 2.24) is 4.98 Å². The van der Waals surface area contributed by atoms with E-state index in [9.17, 15) is 4.39 Å². The molecule has 0 saturated heterocycles. The van der Waals surface area contributed by atoms with Gasteiger partial charge in [0.05, 0.1) is 6.61 Å². The summed E-state index contributed by atoms with van der Waals surface area (Å²) in [4.78, 5) is 4.16. The minimum Gasteiger partial charge on any atom is -0.392 e. The van der Waals surface area contributed by atoms with E-state index in [4.69, 9.17) is 5.11 Å². The van der Waals surface area contributed by atoms with Crippen LogP contribution >= 0.6 is 0 Å². The van der Waals surface area contributed by atoms with E-state index in [1.54, 1.807) is 30.3 Å². The van der Waals surface area contributed by atoms with Gasteiger partial charge in [-0.1, -0.05) is 18.2 Å². The molecule has 1 aromatic heterocycles. The fourth-order valence-corrected chi connectivity index (χ4v) is 1.56. The number of rotatable bonds is 2. The minimum atomic E-state index is -0.347. The number of halogens is 1. The molecule has 0 amide bonds. The van der Waals surface area contributed by atoms with E-state index in [-0.39, 0.29) is 12.4 Å². The van der Waals surface area contributed by atoms with Crippen LogP contribution in [0.3, 0.4) is 0 Å². The first kappa shape index (κ1) is 10.8. The number of pyridine rings is 1. The Morgan fingerprint density at radius 1 is 1.25 bits per heavy atom. The Morgan fingerprint density at radius 2 is 2.06 bits per heavy atom. The molecule has 1 aromatic carbocycles. The molecular formula is C13H12FNO. The monoisotopic (exact) mass is 217 g/mol. The first-order valence-corrected chi connectivity index (χ1v) is 5.04. The summed E-state index contributed by atoms with van der Waals surface area (Å²) in [7, 11) is 0. The van der Waals surface area contributed by atoms with Crippen LogP contribution in [-0.4, -0.2) is 10.1 Å². The number of nitrogens with zero attached hydrogens (tertiary/aromatic N) is 1. The second-order valence-corrected chi connectivity index (χ2v) is 3.64. The lowest BCUT2D eigenvalue weighted by Crippen LogP contribution is -1.93. The lowest BCUT2D eigenvalue weighted by Gasteiger charge is -2.05. The molecule has 0 aliphatic heterocycles. The van der Waals surface area contributed by atoms with Gasteiger partial charge in [-0.05, 0) is 30.7 Å². The van der Waals surface area contributed by atoms with Crippen LogP contribution in [-0.2, 0) is 6.61 Å². The minimum absolute atomic E-state index is 0.0543. The second-order valence-electron chi connectivity index (χ2n) is 3.64. The Balaban J connectivity index is 2.53. The number of hydrogen-bond donors (Lipinski definition) is 1. The van der Waals surface area contributed by atoms with Crippen molar-refractivity contribution in [3.63, 3.8) is 0 Å². The van der Waals surface area contributed by atoms with Gasteiger partial charge in [-0.2, -0.15) is 0 Å². The lowest BCUT2D eigenvalue weighted by atomic mass is 10.1. The molecule has 82 valence electrons. The topological polar surface area (TPSA) is 33.1 Å². The van der Waals surface area contributed by atoms with E-state index in [1.807, 2.05) is 6.92 Å². The Morgan fingerprint density at radius 3 is 2.81 bits per heavy atom. The highest BCUT2D eigenvalue weighted by molar-refractivity contribution is 5.60. The quantitative estimate of drug-likeness (QED) is 0.839. The largest absolute Gasteiger partial charge is 0.392 e. The van der Waals surface area contributed by atoms with E-state index < -0.39 is 0 Å². The van der Waals surface area contributed by atoms with Crippen molar-refractivity contribution < 1.29 is 9.50 Å². The molecule has 0 fully saturated rings. The number of aliphatic hydroxyl groups excluding tert-OH is 1. The zero-order valence-corrected chi connectivity index (χ0v) is 8.94. The Labute approximate surface area is 93.4 Å². The van der Waals surface area contributed by atoms with Crippen molar-refractivity contribution in [2.75, 3.05) is 0 Å². The Kier molecular flexibility index (Phi) is 2.97. The second kappa shape index (κ2) is 4.41. The van der Waals surface area contributed by atoms with Gasteiger partial charge in [0.1, 0.15) is 11.5 Å². The maximum Gasteiger partial charge on any atom is 0.149 e. The van der Waals surface area contributed by atoms with Crippen LogP contribution < -0.4 is 0 Å². The van der Waals surface area contributed by atoms with E-state index >= 15 is 0 Å². The summed E-state index contributed by atoms with van der Waals surface area (Å²) < 4.78 is 13.6. The molecular weight excluding hydrogens is 205 g/mol. The SMILES string of the molecule is Cc1ccc(F)c(-c2cccc(CO)c2)n1. The van der Waals surface area contributed by atoms with Crippen LogP contribution in [0, 0.1) is 12.7 Å². The number of hydrogen-bond acceptors (Lipinski definition) is 2. The summed E-state index contributed by atoms with van der Waals surface area (Å²) >= 11 is 0. The van der Waals surface area contributed by atoms with Crippen LogP contribution in [0.15, 0.2) is 36.4 Å². The number of benzene rings is 1. The van der Waals surface area contributed by atoms with Gasteiger partial charge in [-0.25, -0.2) is 4.39 Å². The third-order valence-corrected chi connectivity index (χ3v) is 2.37. The van der Waals surface area contributed by atoms with Gasteiger partial charge >= 0.3 is 0 Å². The summed E-state index contributed by atoms with van der Waals surface area (Å²) in [5.74, 6) is -0.347. The molecule has 0 atom stereocenters. The standard InChI is InChI=1S/C13H12FNO/c1-9-5-6-12(14)13(15-9)11-4-2-3-10(7-11)8-16/h2-7,16H,8H2,1H3. The van der Waals surface area contributed by atoms with Crippen molar-refractivity contribution in [3.8, 4) is 11.3 Å². The van der Waals surface area contributed by atoms with Crippen LogP contribution in [0.2, 0.25) is 0 Å². The maximum absolute atomic E-state index is 13.6. The van der Waals surface area contributed by atoms with Crippen LogP contribution in [0.4, 0.5) is 4.39 Å². The highest BCUT2D eigenvalue weighted by Crippen LogP contribution is 2.21. The highest BCUT2D eigenvalue weighted by Gasteiger charge is 2.07. The summed E-state index contributed by atoms with van der Waals surface area (Å²) in [5, 5.41) is 9.02. The van der Waals surface area contributed by atoms with Gasteiger partial charge in [0, 0.05) is 11.3 Å². The smallest absolute Gasteiger partial charge is 0.149 e. The van der Waals surface area contributed by atoms with Gasteiger partial charge in [0.2, 0.25) is 0 Å². The van der Waals surface area contributed by atoms with E-state index in [1.165, 1.54) is 6.07 Å². The normalized spacial score (nSPS) is 10.4. The predicted octanol–water partition coefficient (Wildman–Crippen LogP) is 2.69. The van der Waals surface area contributed by atoms with Crippen LogP contribution in [0.5, 0.6) is 0 Å². The van der Waals surface area contributed by atoms with Crippen molar-refractivity contribution in [1.29, 1.82) is 0 Å².